The minimum absolute atomic E-state index is 0.195. The molecule has 158 valence electrons. The van der Waals surface area contributed by atoms with E-state index >= 15 is 0 Å². The van der Waals surface area contributed by atoms with Crippen LogP contribution in [0.3, 0.4) is 0 Å². The van der Waals surface area contributed by atoms with Crippen LogP contribution in [0.5, 0.6) is 0 Å². The molecule has 3 aromatic rings. The van der Waals surface area contributed by atoms with Gasteiger partial charge >= 0.3 is 0 Å². The lowest BCUT2D eigenvalue weighted by Gasteiger charge is -2.20. The largest absolute Gasteiger partial charge is 0.387 e. The zero-order valence-electron chi connectivity index (χ0n) is 17.7. The Bertz CT molecular complexity index is 1140. The molecule has 0 saturated heterocycles. The second kappa shape index (κ2) is 7.42. The summed E-state index contributed by atoms with van der Waals surface area (Å²) in [5.74, 6) is 0.387. The Kier molecular flexibility index (Phi) is 4.70. The van der Waals surface area contributed by atoms with Crippen LogP contribution in [0.25, 0.3) is 11.3 Å². The van der Waals surface area contributed by atoms with E-state index in [-0.39, 0.29) is 11.3 Å². The molecule has 5 rings (SSSR count). The number of nitrogens with zero attached hydrogens (tertiary/aromatic N) is 5. The van der Waals surface area contributed by atoms with Crippen molar-refractivity contribution in [1.82, 2.24) is 19.9 Å². The lowest BCUT2D eigenvalue weighted by atomic mass is 9.97. The molecule has 0 atom stereocenters. The summed E-state index contributed by atoms with van der Waals surface area (Å²) in [6, 6.07) is 10.4. The number of anilines is 2. The van der Waals surface area contributed by atoms with Gasteiger partial charge in [0.05, 0.1) is 5.69 Å². The molecule has 1 aliphatic carbocycles. The molecule has 1 saturated carbocycles. The summed E-state index contributed by atoms with van der Waals surface area (Å²) in [4.78, 5) is 29.2. The SMILES string of the molecule is Cc1ccnc(-c2cnc(N3CC4(CC4)c4ccc(CN(C)C(=O)CO)cc43)nc2)c1. The van der Waals surface area contributed by atoms with Gasteiger partial charge in [0.15, 0.2) is 0 Å². The minimum atomic E-state index is -0.480. The van der Waals surface area contributed by atoms with Gasteiger partial charge in [-0.25, -0.2) is 9.97 Å². The number of pyridine rings is 1. The van der Waals surface area contributed by atoms with Crippen molar-refractivity contribution in [2.45, 2.75) is 31.7 Å². The van der Waals surface area contributed by atoms with Crippen LogP contribution in [0.15, 0.2) is 48.9 Å². The predicted molar refractivity (Wildman–Crippen MR) is 118 cm³/mol. The summed E-state index contributed by atoms with van der Waals surface area (Å²) >= 11 is 0. The van der Waals surface area contributed by atoms with Gasteiger partial charge in [-0.05, 0) is 54.7 Å². The van der Waals surface area contributed by atoms with Crippen LogP contribution >= 0.6 is 0 Å². The number of carbonyl (C=O) groups excluding carboxylic acids is 1. The minimum Gasteiger partial charge on any atom is -0.387 e. The molecule has 1 fully saturated rings. The molecule has 1 spiro atoms. The van der Waals surface area contributed by atoms with Crippen LogP contribution in [0.4, 0.5) is 11.6 Å². The van der Waals surface area contributed by atoms with E-state index in [0.717, 1.165) is 34.6 Å². The van der Waals surface area contributed by atoms with E-state index in [4.69, 9.17) is 5.11 Å². The maximum absolute atomic E-state index is 11.8. The Hall–Kier alpha value is -3.32. The van der Waals surface area contributed by atoms with E-state index in [1.165, 1.54) is 23.3 Å². The maximum atomic E-state index is 11.8. The Labute approximate surface area is 181 Å². The first-order valence-electron chi connectivity index (χ1n) is 10.5. The van der Waals surface area contributed by atoms with Crippen LogP contribution in [0.1, 0.15) is 29.5 Å². The number of hydrogen-bond donors (Lipinski definition) is 1. The summed E-state index contributed by atoms with van der Waals surface area (Å²) in [5, 5.41) is 9.11. The molecule has 2 aliphatic rings. The molecule has 31 heavy (non-hydrogen) atoms. The third-order valence-electron chi connectivity index (χ3n) is 6.31. The van der Waals surface area contributed by atoms with Crippen LogP contribution < -0.4 is 4.90 Å². The zero-order chi connectivity index (χ0) is 21.6. The molecular weight excluding hydrogens is 390 g/mol. The monoisotopic (exact) mass is 415 g/mol. The molecule has 0 unspecified atom stereocenters. The molecule has 2 aromatic heterocycles. The van der Waals surface area contributed by atoms with Crippen molar-refractivity contribution in [2.75, 3.05) is 25.1 Å². The topological polar surface area (TPSA) is 82.5 Å². The normalized spacial score (nSPS) is 15.8. The zero-order valence-corrected chi connectivity index (χ0v) is 17.7. The van der Waals surface area contributed by atoms with Crippen molar-refractivity contribution in [2.24, 2.45) is 0 Å². The van der Waals surface area contributed by atoms with Gasteiger partial charge in [0, 0.05) is 55.4 Å². The second-order valence-electron chi connectivity index (χ2n) is 8.62. The average Bonchev–Trinajstić information content (AvgIpc) is 3.50. The molecule has 1 aliphatic heterocycles. The number of fused-ring (bicyclic) bond motifs is 2. The summed E-state index contributed by atoms with van der Waals surface area (Å²) in [5.41, 5.74) is 6.57. The first kappa shape index (κ1) is 19.6. The Morgan fingerprint density at radius 2 is 1.94 bits per heavy atom. The van der Waals surface area contributed by atoms with E-state index in [1.54, 1.807) is 13.2 Å². The number of benzene rings is 1. The third kappa shape index (κ3) is 3.55. The fraction of sp³-hybridized carbons (Fsp3) is 0.333. The van der Waals surface area contributed by atoms with E-state index < -0.39 is 6.61 Å². The van der Waals surface area contributed by atoms with E-state index in [9.17, 15) is 4.79 Å². The number of carbonyl (C=O) groups is 1. The standard InChI is InChI=1S/C24H25N5O2/c1-16-5-8-25-20(9-16)18-11-26-23(27-12-18)29-15-24(6-7-24)19-4-3-17(10-21(19)29)13-28(2)22(31)14-30/h3-5,8-12,30H,6-7,13-15H2,1-2H3. The van der Waals surface area contributed by atoms with Crippen molar-refractivity contribution in [3.63, 3.8) is 0 Å². The van der Waals surface area contributed by atoms with Crippen molar-refractivity contribution < 1.29 is 9.90 Å². The number of aliphatic hydroxyl groups excluding tert-OH is 1. The number of aryl methyl sites for hydroxylation is 1. The maximum Gasteiger partial charge on any atom is 0.248 e. The average molecular weight is 415 g/mol. The summed E-state index contributed by atoms with van der Waals surface area (Å²) < 4.78 is 0. The van der Waals surface area contributed by atoms with E-state index in [2.05, 4.69) is 38.1 Å². The molecule has 0 radical (unpaired) electrons. The number of aliphatic hydroxyl groups is 1. The van der Waals surface area contributed by atoms with Gasteiger partial charge in [-0.2, -0.15) is 0 Å². The number of amides is 1. The van der Waals surface area contributed by atoms with Crippen LogP contribution in [-0.4, -0.2) is 51.1 Å². The number of hydrogen-bond acceptors (Lipinski definition) is 6. The number of aromatic nitrogens is 3. The molecule has 0 bridgehead atoms. The molecule has 1 amide bonds. The third-order valence-corrected chi connectivity index (χ3v) is 6.31. The van der Waals surface area contributed by atoms with Crippen molar-refractivity contribution in [3.8, 4) is 11.3 Å². The van der Waals surface area contributed by atoms with Crippen molar-refractivity contribution in [1.29, 1.82) is 0 Å². The molecule has 3 heterocycles. The van der Waals surface area contributed by atoms with Gasteiger partial charge in [-0.1, -0.05) is 12.1 Å². The first-order chi connectivity index (χ1) is 15.0. The predicted octanol–water partition coefficient (Wildman–Crippen LogP) is 2.98. The molecular formula is C24H25N5O2. The summed E-state index contributed by atoms with van der Waals surface area (Å²) in [6.45, 7) is 2.89. The van der Waals surface area contributed by atoms with Crippen LogP contribution in [-0.2, 0) is 16.8 Å². The highest BCUT2D eigenvalue weighted by Crippen LogP contribution is 2.57. The molecule has 1 N–H and O–H groups in total. The van der Waals surface area contributed by atoms with E-state index in [0.29, 0.717) is 12.5 Å². The van der Waals surface area contributed by atoms with Gasteiger partial charge in [-0.15, -0.1) is 0 Å². The molecule has 7 nitrogen and oxygen atoms in total. The van der Waals surface area contributed by atoms with Crippen LogP contribution in [0.2, 0.25) is 0 Å². The Morgan fingerprint density at radius 3 is 2.61 bits per heavy atom. The lowest BCUT2D eigenvalue weighted by molar-refractivity contribution is -0.133. The van der Waals surface area contributed by atoms with Crippen LogP contribution in [0, 0.1) is 6.92 Å². The molecule has 1 aromatic carbocycles. The summed E-state index contributed by atoms with van der Waals surface area (Å²) in [6.07, 6.45) is 7.80. The lowest BCUT2D eigenvalue weighted by Crippen LogP contribution is -2.28. The van der Waals surface area contributed by atoms with Crippen molar-refractivity contribution in [3.05, 3.63) is 65.6 Å². The quantitative estimate of drug-likeness (QED) is 0.690. The Morgan fingerprint density at radius 1 is 1.16 bits per heavy atom. The van der Waals surface area contributed by atoms with Crippen molar-refractivity contribution >= 4 is 17.5 Å². The fourth-order valence-corrected chi connectivity index (χ4v) is 4.35. The van der Waals surface area contributed by atoms with Gasteiger partial charge in [0.1, 0.15) is 6.61 Å². The molecule has 7 heteroatoms. The fourth-order valence-electron chi connectivity index (χ4n) is 4.35. The van der Waals surface area contributed by atoms with Gasteiger partial charge < -0.3 is 14.9 Å². The Balaban J connectivity index is 1.45. The van der Waals surface area contributed by atoms with Gasteiger partial charge in [0.25, 0.3) is 0 Å². The number of rotatable bonds is 5. The second-order valence-corrected chi connectivity index (χ2v) is 8.62. The highest BCUT2D eigenvalue weighted by atomic mass is 16.3. The highest BCUT2D eigenvalue weighted by Gasteiger charge is 2.52. The smallest absolute Gasteiger partial charge is 0.248 e. The van der Waals surface area contributed by atoms with E-state index in [1.807, 2.05) is 31.5 Å². The van der Waals surface area contributed by atoms with Gasteiger partial charge in [0.2, 0.25) is 11.9 Å². The van der Waals surface area contributed by atoms with Gasteiger partial charge in [-0.3, -0.25) is 9.78 Å². The summed E-state index contributed by atoms with van der Waals surface area (Å²) in [7, 11) is 1.70. The number of likely N-dealkylation sites (N-methyl/N-ethyl adjacent to an activating group) is 1. The first-order valence-corrected chi connectivity index (χ1v) is 10.5. The highest BCUT2D eigenvalue weighted by molar-refractivity contribution is 5.77.